The molecule has 3 rings (SSSR count). The van der Waals surface area contributed by atoms with Gasteiger partial charge in [0.1, 0.15) is 17.6 Å². The summed E-state index contributed by atoms with van der Waals surface area (Å²) in [4.78, 5) is 0. The van der Waals surface area contributed by atoms with Gasteiger partial charge in [-0.05, 0) is 63.8 Å². The Balaban J connectivity index is 1.73. The van der Waals surface area contributed by atoms with E-state index in [9.17, 15) is 8.42 Å². The Kier molecular flexibility index (Phi) is 7.19. The Bertz CT molecular complexity index is 893. The average molecular weight is 418 g/mol. The predicted octanol–water partition coefficient (Wildman–Crippen LogP) is 4.77. The molecule has 1 N–H and O–H groups in total. The van der Waals surface area contributed by atoms with Crippen molar-refractivity contribution in [3.8, 4) is 22.6 Å². The highest BCUT2D eigenvalue weighted by molar-refractivity contribution is 7.90. The summed E-state index contributed by atoms with van der Waals surface area (Å²) < 4.78 is 39.4. The molecule has 0 heterocycles. The van der Waals surface area contributed by atoms with E-state index in [1.807, 2.05) is 55.5 Å². The molecule has 0 amide bonds. The van der Waals surface area contributed by atoms with Crippen molar-refractivity contribution in [3.05, 3.63) is 48.5 Å². The third-order valence-electron chi connectivity index (χ3n) is 5.28. The lowest BCUT2D eigenvalue weighted by Gasteiger charge is -2.32. The number of rotatable bonds is 8. The summed E-state index contributed by atoms with van der Waals surface area (Å²) in [5.74, 6) is 1.61. The summed E-state index contributed by atoms with van der Waals surface area (Å²) >= 11 is 0. The van der Waals surface area contributed by atoms with Crippen molar-refractivity contribution >= 4 is 10.0 Å². The first-order valence-corrected chi connectivity index (χ1v) is 12.0. The second kappa shape index (κ2) is 9.63. The minimum atomic E-state index is -3.32. The molecule has 0 saturated heterocycles. The molecule has 5 nitrogen and oxygen atoms in total. The Morgan fingerprint density at radius 2 is 1.72 bits per heavy atom. The molecule has 2 aromatic rings. The van der Waals surface area contributed by atoms with Crippen LogP contribution < -0.4 is 14.2 Å². The summed E-state index contributed by atoms with van der Waals surface area (Å²) in [6, 6.07) is 15.7. The van der Waals surface area contributed by atoms with Gasteiger partial charge in [-0.1, -0.05) is 36.8 Å². The van der Waals surface area contributed by atoms with Crippen LogP contribution >= 0.6 is 0 Å². The fraction of sp³-hybridized carbons (Fsp3) is 0.478. The fourth-order valence-electron chi connectivity index (χ4n) is 3.59. The van der Waals surface area contributed by atoms with Gasteiger partial charge in [-0.2, -0.15) is 0 Å². The van der Waals surface area contributed by atoms with Crippen LogP contribution in [0.25, 0.3) is 11.1 Å². The van der Waals surface area contributed by atoms with Gasteiger partial charge >= 0.3 is 0 Å². The van der Waals surface area contributed by atoms with Crippen molar-refractivity contribution in [1.82, 2.24) is 4.72 Å². The predicted molar refractivity (Wildman–Crippen MR) is 117 cm³/mol. The highest BCUT2D eigenvalue weighted by atomic mass is 32.2. The highest BCUT2D eigenvalue weighted by Gasteiger charge is 2.31. The zero-order chi connectivity index (χ0) is 20.9. The molecule has 1 saturated carbocycles. The molecular formula is C23H31NO4S. The van der Waals surface area contributed by atoms with Crippen LogP contribution in [0.4, 0.5) is 0 Å². The maximum absolute atomic E-state index is 12.3. The third-order valence-corrected chi connectivity index (χ3v) is 7.15. The van der Waals surface area contributed by atoms with Crippen LogP contribution in [0, 0.1) is 0 Å². The first-order chi connectivity index (χ1) is 13.9. The van der Waals surface area contributed by atoms with Crippen molar-refractivity contribution in [3.63, 3.8) is 0 Å². The second-order valence-electron chi connectivity index (χ2n) is 7.71. The smallest absolute Gasteiger partial charge is 0.214 e. The lowest BCUT2D eigenvalue weighted by atomic mass is 9.93. The summed E-state index contributed by atoms with van der Waals surface area (Å²) in [5, 5.41) is -0.449. The molecule has 0 bridgehead atoms. The van der Waals surface area contributed by atoms with E-state index < -0.39 is 15.3 Å². The summed E-state index contributed by atoms with van der Waals surface area (Å²) in [5.41, 5.74) is 2.10. The van der Waals surface area contributed by atoms with E-state index in [2.05, 4.69) is 4.72 Å². The maximum Gasteiger partial charge on any atom is 0.214 e. The molecule has 29 heavy (non-hydrogen) atoms. The summed E-state index contributed by atoms with van der Waals surface area (Å²) in [6.07, 6.45) is 3.55. The number of ether oxygens (including phenoxy) is 2. The fourth-order valence-corrected chi connectivity index (χ4v) is 4.56. The number of sulfonamides is 1. The molecule has 0 radical (unpaired) electrons. The molecule has 2 aromatic carbocycles. The van der Waals surface area contributed by atoms with Crippen LogP contribution in [0.5, 0.6) is 11.5 Å². The van der Waals surface area contributed by atoms with Gasteiger partial charge in [0, 0.05) is 5.56 Å². The van der Waals surface area contributed by atoms with Gasteiger partial charge < -0.3 is 9.47 Å². The van der Waals surface area contributed by atoms with Crippen LogP contribution in [0.1, 0.15) is 46.5 Å². The molecule has 0 aliphatic heterocycles. The van der Waals surface area contributed by atoms with Crippen LogP contribution in [0.2, 0.25) is 0 Å². The lowest BCUT2D eigenvalue weighted by Crippen LogP contribution is -2.49. The Morgan fingerprint density at radius 3 is 2.41 bits per heavy atom. The number of hydrogen-bond donors (Lipinski definition) is 1. The van der Waals surface area contributed by atoms with E-state index >= 15 is 0 Å². The summed E-state index contributed by atoms with van der Waals surface area (Å²) in [7, 11) is -3.32. The molecular weight excluding hydrogens is 386 g/mol. The number of nitrogens with one attached hydrogen (secondary N) is 1. The zero-order valence-corrected chi connectivity index (χ0v) is 18.2. The van der Waals surface area contributed by atoms with Crippen LogP contribution in [-0.4, -0.2) is 32.4 Å². The molecule has 0 aromatic heterocycles. The largest absolute Gasteiger partial charge is 0.493 e. The summed E-state index contributed by atoms with van der Waals surface area (Å²) in [6.45, 7) is 5.98. The lowest BCUT2D eigenvalue weighted by molar-refractivity contribution is 0.124. The zero-order valence-electron chi connectivity index (χ0n) is 17.4. The van der Waals surface area contributed by atoms with E-state index in [1.165, 1.54) is 0 Å². The van der Waals surface area contributed by atoms with Crippen molar-refractivity contribution in [1.29, 1.82) is 0 Å². The van der Waals surface area contributed by atoms with E-state index in [1.54, 1.807) is 13.8 Å². The van der Waals surface area contributed by atoms with E-state index in [-0.39, 0.29) is 12.1 Å². The van der Waals surface area contributed by atoms with Gasteiger partial charge in [-0.15, -0.1) is 0 Å². The highest BCUT2D eigenvalue weighted by Crippen LogP contribution is 2.32. The molecule has 158 valence electrons. The normalized spacial score (nSPS) is 19.9. The molecule has 1 aliphatic rings. The minimum Gasteiger partial charge on any atom is -0.493 e. The minimum absolute atomic E-state index is 0.154. The number of hydrogen-bond acceptors (Lipinski definition) is 4. The Morgan fingerprint density at radius 1 is 1.03 bits per heavy atom. The van der Waals surface area contributed by atoms with Crippen molar-refractivity contribution in [2.45, 2.75) is 63.9 Å². The number of para-hydroxylation sites is 1. The first kappa shape index (κ1) is 21.7. The van der Waals surface area contributed by atoms with Gasteiger partial charge in [0.05, 0.1) is 17.9 Å². The Labute approximate surface area is 174 Å². The van der Waals surface area contributed by atoms with Gasteiger partial charge in [0.2, 0.25) is 10.0 Å². The van der Waals surface area contributed by atoms with E-state index in [0.29, 0.717) is 6.61 Å². The third kappa shape index (κ3) is 5.52. The van der Waals surface area contributed by atoms with Crippen molar-refractivity contribution in [2.24, 2.45) is 0 Å². The second-order valence-corrected chi connectivity index (χ2v) is 9.98. The standard InChI is InChI=1S/C23H31NO4S/c1-4-27-22-11-7-5-9-20(22)18-13-15-19(16-14-18)28-23-12-8-6-10-21(23)24-29(25,26)17(2)3/h5,7,9,11,13-17,21,23-24H,4,6,8,10,12H2,1-3H3/t21-,23+/m0/s1. The van der Waals surface area contributed by atoms with E-state index in [4.69, 9.17) is 9.47 Å². The van der Waals surface area contributed by atoms with E-state index in [0.717, 1.165) is 48.3 Å². The maximum atomic E-state index is 12.3. The quantitative estimate of drug-likeness (QED) is 0.672. The molecule has 0 spiro atoms. The molecule has 6 heteroatoms. The van der Waals surface area contributed by atoms with Gasteiger partial charge in [-0.25, -0.2) is 13.1 Å². The molecule has 2 atom stereocenters. The molecule has 1 fully saturated rings. The van der Waals surface area contributed by atoms with Crippen molar-refractivity contribution < 1.29 is 17.9 Å². The van der Waals surface area contributed by atoms with Gasteiger partial charge in [-0.3, -0.25) is 0 Å². The average Bonchev–Trinajstić information content (AvgIpc) is 2.70. The van der Waals surface area contributed by atoms with Crippen LogP contribution in [0.15, 0.2) is 48.5 Å². The topological polar surface area (TPSA) is 64.6 Å². The Hall–Kier alpha value is -2.05. The van der Waals surface area contributed by atoms with Crippen molar-refractivity contribution in [2.75, 3.05) is 6.61 Å². The van der Waals surface area contributed by atoms with Crippen LogP contribution in [0.3, 0.4) is 0 Å². The first-order valence-electron chi connectivity index (χ1n) is 10.4. The number of benzene rings is 2. The molecule has 0 unspecified atom stereocenters. The molecule has 1 aliphatic carbocycles. The monoisotopic (exact) mass is 417 g/mol. The SMILES string of the molecule is CCOc1ccccc1-c1ccc(O[C@@H]2CCCC[C@@H]2NS(=O)(=O)C(C)C)cc1. The van der Waals surface area contributed by atoms with Gasteiger partial charge in [0.25, 0.3) is 0 Å². The van der Waals surface area contributed by atoms with Crippen LogP contribution in [-0.2, 0) is 10.0 Å². The van der Waals surface area contributed by atoms with Gasteiger partial charge in [0.15, 0.2) is 0 Å².